The summed E-state index contributed by atoms with van der Waals surface area (Å²) in [5.74, 6) is 0.354. The molecule has 10 rings (SSSR count). The summed E-state index contributed by atoms with van der Waals surface area (Å²) in [5, 5.41) is 28.2. The van der Waals surface area contributed by atoms with E-state index in [2.05, 4.69) is 90.0 Å². The number of alkyl carbamates (subject to hydrolysis) is 1. The van der Waals surface area contributed by atoms with Gasteiger partial charge in [0.15, 0.2) is 0 Å². The van der Waals surface area contributed by atoms with Gasteiger partial charge in [-0.2, -0.15) is 10.2 Å². The van der Waals surface area contributed by atoms with E-state index >= 15 is 0 Å². The highest BCUT2D eigenvalue weighted by Gasteiger charge is 2.28. The van der Waals surface area contributed by atoms with Crippen LogP contribution in [0.5, 0.6) is 0 Å². The Kier molecular flexibility index (Phi) is 17.6. The van der Waals surface area contributed by atoms with Gasteiger partial charge in [-0.1, -0.05) is 78.0 Å². The van der Waals surface area contributed by atoms with Gasteiger partial charge in [0.1, 0.15) is 10.5 Å². The number of carbonyl (C=O) groups is 2. The number of hydrogen-bond donors (Lipinski definition) is 4. The van der Waals surface area contributed by atoms with E-state index in [1.54, 1.807) is 45.5 Å². The predicted octanol–water partition coefficient (Wildman–Crippen LogP) is 11.7. The van der Waals surface area contributed by atoms with E-state index in [9.17, 15) is 9.59 Å². The molecule has 2 aromatic carbocycles. The summed E-state index contributed by atoms with van der Waals surface area (Å²) in [6.45, 7) is 20.2. The highest BCUT2D eigenvalue weighted by Crippen LogP contribution is 2.36. The fourth-order valence-corrected chi connectivity index (χ4v) is 10.3. The van der Waals surface area contributed by atoms with E-state index in [-0.39, 0.29) is 22.8 Å². The molecule has 1 amide bonds. The lowest BCUT2D eigenvalue weighted by molar-refractivity contribution is 0.0390. The van der Waals surface area contributed by atoms with E-state index in [1.165, 1.54) is 28.7 Å². The molecular formula is C56H65N13O6S3. The van der Waals surface area contributed by atoms with Crippen molar-refractivity contribution < 1.29 is 28.9 Å². The number of carboxylic acid groups (broad SMARTS) is 1. The summed E-state index contributed by atoms with van der Waals surface area (Å²) >= 11 is 8.76. The van der Waals surface area contributed by atoms with Gasteiger partial charge >= 0.3 is 12.1 Å². The number of aryl methyl sites for hydroxylation is 2. The zero-order chi connectivity index (χ0) is 55.9. The summed E-state index contributed by atoms with van der Waals surface area (Å²) < 4.78 is 20.5. The molecular weight excluding hydrogens is 1050 g/mol. The standard InChI is InChI=1S/C26H28N6OS2.C22H26N6O3.C8H11NO2S/c1-26(2,3)24-28-12-23(35-24)22(34)10-18-15-33-14-17-9-16(5-6-20(17)18)21-7-8-27-25(31-21)30-19-11-29-32(4)13-19;1-22(2,3)31-21(29)27-19-13-30-12-15-9-14(5-6-17(15)19)18-7-8-23-20(26-18)25-16-10-24-28(4)11-16;1-8(2,3)7-9-4-5(12-7)6(10)11/h5-9,11-13,18H,10,14-15H2,1-4H3,(H,27,30,31);5-11,19H,12-13H2,1-4H3,(H,27,29)(H,23,25,26);4H,1-3H3,(H,10,11). The van der Waals surface area contributed by atoms with Gasteiger partial charge in [-0.15, -0.1) is 22.7 Å². The van der Waals surface area contributed by atoms with Crippen LogP contribution in [0.2, 0.25) is 0 Å². The Hall–Kier alpha value is -7.37. The predicted molar refractivity (Wildman–Crippen MR) is 307 cm³/mol. The Labute approximate surface area is 467 Å². The zero-order valence-corrected chi connectivity index (χ0v) is 48.1. The number of ether oxygens (including phenoxy) is 3. The summed E-state index contributed by atoms with van der Waals surface area (Å²) in [7, 11) is 3.72. The van der Waals surface area contributed by atoms with Crippen LogP contribution in [0, 0.1) is 0 Å². The number of fused-ring (bicyclic) bond motifs is 2. The van der Waals surface area contributed by atoms with Crippen molar-refractivity contribution in [2.24, 2.45) is 14.1 Å². The van der Waals surface area contributed by atoms with Gasteiger partial charge in [0, 0.05) is 77.8 Å². The topological polar surface area (TPSA) is 231 Å². The zero-order valence-electron chi connectivity index (χ0n) is 45.6. The monoisotopic (exact) mass is 1110 g/mol. The van der Waals surface area contributed by atoms with Gasteiger partial charge in [0.25, 0.3) is 0 Å². The maximum atomic E-state index is 12.2. The largest absolute Gasteiger partial charge is 0.477 e. The van der Waals surface area contributed by atoms with Gasteiger partial charge in [-0.25, -0.2) is 39.5 Å². The Balaban J connectivity index is 0.000000171. The first kappa shape index (κ1) is 56.8. The van der Waals surface area contributed by atoms with Gasteiger partial charge in [-0.05, 0) is 73.7 Å². The number of rotatable bonds is 11. The molecule has 8 aromatic rings. The third kappa shape index (κ3) is 15.2. The Bertz CT molecular complexity index is 3400. The van der Waals surface area contributed by atoms with Crippen molar-refractivity contribution in [3.05, 3.63) is 140 Å². The van der Waals surface area contributed by atoms with Crippen LogP contribution in [-0.4, -0.2) is 90.3 Å². The Morgan fingerprint density at radius 2 is 1.19 bits per heavy atom. The molecule has 0 saturated heterocycles. The molecule has 0 radical (unpaired) electrons. The molecule has 19 nitrogen and oxygen atoms in total. The second kappa shape index (κ2) is 24.1. The highest BCUT2D eigenvalue weighted by atomic mass is 32.1. The van der Waals surface area contributed by atoms with Crippen LogP contribution >= 0.6 is 34.9 Å². The van der Waals surface area contributed by atoms with Crippen LogP contribution in [0.25, 0.3) is 22.5 Å². The van der Waals surface area contributed by atoms with Crippen molar-refractivity contribution in [3.8, 4) is 22.5 Å². The molecule has 0 aliphatic carbocycles. The third-order valence-corrected chi connectivity index (χ3v) is 15.4. The van der Waals surface area contributed by atoms with E-state index < -0.39 is 17.7 Å². The van der Waals surface area contributed by atoms with Crippen LogP contribution in [0.4, 0.5) is 28.1 Å². The number of nitrogens with one attached hydrogen (secondary N) is 3. The van der Waals surface area contributed by atoms with Crippen molar-refractivity contribution >= 4 is 75.1 Å². The summed E-state index contributed by atoms with van der Waals surface area (Å²) in [5.41, 5.74) is 9.19. The molecule has 0 saturated carbocycles. The normalized spacial score (nSPS) is 15.1. The summed E-state index contributed by atoms with van der Waals surface area (Å²) in [6, 6.07) is 16.0. The van der Waals surface area contributed by atoms with Crippen LogP contribution in [0.1, 0.15) is 128 Å². The summed E-state index contributed by atoms with van der Waals surface area (Å²) in [4.78, 5) is 51.6. The van der Waals surface area contributed by atoms with Crippen LogP contribution in [0.3, 0.4) is 0 Å². The molecule has 78 heavy (non-hydrogen) atoms. The van der Waals surface area contributed by atoms with Gasteiger partial charge in [0.05, 0.1) is 88.7 Å². The minimum absolute atomic E-state index is 0.0316. The smallest absolute Gasteiger partial charge is 0.408 e. The molecule has 2 aliphatic rings. The first-order chi connectivity index (χ1) is 36.9. The van der Waals surface area contributed by atoms with E-state index in [0.29, 0.717) is 43.2 Å². The van der Waals surface area contributed by atoms with Gasteiger partial charge in [0.2, 0.25) is 11.9 Å². The lowest BCUT2D eigenvalue weighted by atomic mass is 9.88. The first-order valence-corrected chi connectivity index (χ1v) is 27.3. The minimum Gasteiger partial charge on any atom is -0.477 e. The molecule has 0 fully saturated rings. The SMILES string of the molecule is CC(C)(C)c1ncc(C(=O)O)s1.Cn1cc(Nc2nccc(-c3ccc4c(c3)COCC4CC(=S)c3cnc(C(C)(C)C)s3)n2)cn1.Cn1cc(Nc2nccc(-c3ccc4c(c3)COCC4NC(=O)OC(C)(C)C)n2)cn1. The molecule has 22 heteroatoms. The lowest BCUT2D eigenvalue weighted by Gasteiger charge is -2.28. The molecule has 2 aliphatic heterocycles. The number of carbonyl (C=O) groups excluding carboxylic acids is 1. The first-order valence-electron chi connectivity index (χ1n) is 25.2. The molecule has 0 bridgehead atoms. The second-order valence-electron chi connectivity index (χ2n) is 21.8. The minimum atomic E-state index is -0.900. The number of anilines is 4. The maximum Gasteiger partial charge on any atom is 0.408 e. The number of benzene rings is 2. The van der Waals surface area contributed by atoms with Crippen molar-refractivity contribution in [1.29, 1.82) is 0 Å². The van der Waals surface area contributed by atoms with Crippen molar-refractivity contribution in [2.75, 3.05) is 23.8 Å². The second-order valence-corrected chi connectivity index (χ2v) is 24.4. The quantitative estimate of drug-likeness (QED) is 0.0697. The third-order valence-electron chi connectivity index (χ3n) is 11.9. The summed E-state index contributed by atoms with van der Waals surface area (Å²) in [6.07, 6.45) is 14.3. The number of nitrogens with zero attached hydrogens (tertiary/aromatic N) is 10. The van der Waals surface area contributed by atoms with Crippen molar-refractivity contribution in [3.63, 3.8) is 0 Å². The average molecular weight is 1110 g/mol. The van der Waals surface area contributed by atoms with E-state index in [1.807, 2.05) is 105 Å². The number of carboxylic acids is 1. The maximum absolute atomic E-state index is 12.2. The number of thiocarbonyl (C=S) groups is 1. The number of amides is 1. The van der Waals surface area contributed by atoms with Gasteiger partial charge in [-0.3, -0.25) is 9.36 Å². The fourth-order valence-electron chi connectivity index (χ4n) is 8.22. The highest BCUT2D eigenvalue weighted by molar-refractivity contribution is 7.81. The van der Waals surface area contributed by atoms with E-state index in [0.717, 1.165) is 71.2 Å². The average Bonchev–Trinajstić information content (AvgIpc) is 4.24. The lowest BCUT2D eigenvalue weighted by Crippen LogP contribution is -2.38. The Morgan fingerprint density at radius 3 is 1.67 bits per heavy atom. The fraction of sp³-hybridized carbons (Fsp3) is 0.375. The molecule has 6 aromatic heterocycles. The molecule has 408 valence electrons. The van der Waals surface area contributed by atoms with Crippen LogP contribution < -0.4 is 16.0 Å². The molecule has 8 heterocycles. The molecule has 2 unspecified atom stereocenters. The number of aromatic nitrogens is 10. The van der Waals surface area contributed by atoms with Crippen molar-refractivity contribution in [2.45, 2.75) is 110 Å². The van der Waals surface area contributed by atoms with Gasteiger partial charge < -0.3 is 35.3 Å². The van der Waals surface area contributed by atoms with Crippen molar-refractivity contribution in [1.82, 2.24) is 54.8 Å². The Morgan fingerprint density at radius 1 is 0.692 bits per heavy atom. The molecule has 0 spiro atoms. The number of hydrogen-bond acceptors (Lipinski definition) is 18. The molecule has 4 N–H and O–H groups in total. The number of aromatic carboxylic acids is 1. The molecule has 2 atom stereocenters. The van der Waals surface area contributed by atoms with Crippen LogP contribution in [-0.2, 0) is 52.3 Å². The number of thiazole rings is 2. The van der Waals surface area contributed by atoms with Crippen LogP contribution in [0.15, 0.2) is 98.1 Å². The van der Waals surface area contributed by atoms with E-state index in [4.69, 9.17) is 36.5 Å².